The Morgan fingerprint density at radius 2 is 2.07 bits per heavy atom. The van der Waals surface area contributed by atoms with Gasteiger partial charge in [0, 0.05) is 48.4 Å². The lowest BCUT2D eigenvalue weighted by Gasteiger charge is -2.08. The van der Waals surface area contributed by atoms with Gasteiger partial charge in [-0.25, -0.2) is 15.0 Å². The quantitative estimate of drug-likeness (QED) is 0.437. The van der Waals surface area contributed by atoms with E-state index >= 15 is 0 Å². The molecule has 0 fully saturated rings. The minimum absolute atomic E-state index is 0.0285. The van der Waals surface area contributed by atoms with Crippen LogP contribution in [0.3, 0.4) is 0 Å². The summed E-state index contributed by atoms with van der Waals surface area (Å²) in [6, 6.07) is 9.35. The Kier molecular flexibility index (Phi) is 5.26. The molecule has 0 saturated carbocycles. The molecular formula is C21H20N6O2. The monoisotopic (exact) mass is 388 g/mol. The number of pyridine rings is 2. The van der Waals surface area contributed by atoms with Crippen LogP contribution in [0.25, 0.3) is 33.8 Å². The minimum atomic E-state index is -0.243. The van der Waals surface area contributed by atoms with E-state index in [1.165, 1.54) is 6.20 Å². The van der Waals surface area contributed by atoms with Crippen molar-refractivity contribution in [1.29, 1.82) is 0 Å². The van der Waals surface area contributed by atoms with Crippen LogP contribution < -0.4 is 5.32 Å². The first kappa shape index (κ1) is 18.7. The average molecular weight is 388 g/mol. The number of hydrogen-bond acceptors (Lipinski definition) is 6. The van der Waals surface area contributed by atoms with Crippen LogP contribution in [0.2, 0.25) is 0 Å². The highest BCUT2D eigenvalue weighted by atomic mass is 16.3. The fourth-order valence-corrected chi connectivity index (χ4v) is 3.02. The number of nitrogens with zero attached hydrogens (tertiary/aromatic N) is 4. The Morgan fingerprint density at radius 1 is 1.17 bits per heavy atom. The van der Waals surface area contributed by atoms with Gasteiger partial charge in [-0.3, -0.25) is 9.78 Å². The van der Waals surface area contributed by atoms with Gasteiger partial charge in [0.05, 0.1) is 11.3 Å². The van der Waals surface area contributed by atoms with E-state index in [4.69, 9.17) is 10.1 Å². The predicted octanol–water partition coefficient (Wildman–Crippen LogP) is 2.50. The zero-order valence-corrected chi connectivity index (χ0v) is 15.9. The lowest BCUT2D eigenvalue weighted by Crippen LogP contribution is -2.25. The van der Waals surface area contributed by atoms with E-state index in [0.29, 0.717) is 47.0 Å². The third-order valence-corrected chi connectivity index (χ3v) is 4.43. The molecule has 1 amide bonds. The number of fused-ring (bicyclic) bond motifs is 1. The number of H-pyrrole nitrogens is 1. The van der Waals surface area contributed by atoms with Gasteiger partial charge in [-0.1, -0.05) is 6.07 Å². The summed E-state index contributed by atoms with van der Waals surface area (Å²) in [5.41, 5.74) is 4.05. The van der Waals surface area contributed by atoms with E-state index in [1.54, 1.807) is 18.5 Å². The third-order valence-electron chi connectivity index (χ3n) is 4.43. The Balaban J connectivity index is 1.77. The second kappa shape index (κ2) is 8.15. The van der Waals surface area contributed by atoms with Crippen LogP contribution in [-0.4, -0.2) is 49.1 Å². The molecule has 8 heteroatoms. The van der Waals surface area contributed by atoms with E-state index in [9.17, 15) is 4.79 Å². The smallest absolute Gasteiger partial charge is 0.252 e. The molecule has 146 valence electrons. The first-order valence-corrected chi connectivity index (χ1v) is 9.29. The summed E-state index contributed by atoms with van der Waals surface area (Å²) in [5, 5.41) is 12.5. The number of rotatable bonds is 6. The molecule has 0 unspecified atom stereocenters. The van der Waals surface area contributed by atoms with Gasteiger partial charge in [0.25, 0.3) is 5.91 Å². The number of carbonyl (C=O) groups excluding carboxylic acids is 1. The van der Waals surface area contributed by atoms with Crippen molar-refractivity contribution >= 4 is 16.9 Å². The molecule has 0 saturated heterocycles. The first-order chi connectivity index (χ1) is 14.2. The summed E-state index contributed by atoms with van der Waals surface area (Å²) in [7, 11) is 0. The number of aryl methyl sites for hydroxylation is 1. The molecule has 0 aliphatic carbocycles. The highest BCUT2D eigenvalue weighted by Crippen LogP contribution is 2.28. The second-order valence-electron chi connectivity index (χ2n) is 6.60. The maximum absolute atomic E-state index is 12.4. The molecule has 0 aliphatic heterocycles. The highest BCUT2D eigenvalue weighted by molar-refractivity contribution is 5.97. The maximum atomic E-state index is 12.4. The number of carbonyl (C=O) groups is 1. The summed E-state index contributed by atoms with van der Waals surface area (Å²) in [6.45, 7) is 2.35. The zero-order chi connectivity index (χ0) is 20.2. The summed E-state index contributed by atoms with van der Waals surface area (Å²) < 4.78 is 0. The van der Waals surface area contributed by atoms with Crippen LogP contribution in [0.15, 0.2) is 48.9 Å². The zero-order valence-electron chi connectivity index (χ0n) is 15.9. The van der Waals surface area contributed by atoms with Gasteiger partial charge in [0.2, 0.25) is 0 Å². The molecule has 4 rings (SSSR count). The van der Waals surface area contributed by atoms with Crippen molar-refractivity contribution in [3.8, 4) is 22.8 Å². The van der Waals surface area contributed by atoms with Crippen molar-refractivity contribution in [3.63, 3.8) is 0 Å². The molecular weight excluding hydrogens is 368 g/mol. The molecule has 0 aromatic carbocycles. The second-order valence-corrected chi connectivity index (χ2v) is 6.60. The lowest BCUT2D eigenvalue weighted by atomic mass is 10.1. The summed E-state index contributed by atoms with van der Waals surface area (Å²) in [4.78, 5) is 33.5. The van der Waals surface area contributed by atoms with E-state index in [1.807, 2.05) is 31.2 Å². The van der Waals surface area contributed by atoms with Gasteiger partial charge in [0.1, 0.15) is 11.3 Å². The van der Waals surface area contributed by atoms with E-state index in [0.717, 1.165) is 11.1 Å². The summed E-state index contributed by atoms with van der Waals surface area (Å²) >= 11 is 0. The molecule has 0 spiro atoms. The van der Waals surface area contributed by atoms with Crippen LogP contribution in [-0.2, 0) is 0 Å². The SMILES string of the molecule is Cc1cccc(-c2nc(-c3cncc(C(=O)NCCCO)c3)c3cc[nH]c3n2)n1. The van der Waals surface area contributed by atoms with Crippen LogP contribution in [0.5, 0.6) is 0 Å². The number of aliphatic hydroxyl groups is 1. The van der Waals surface area contributed by atoms with Crippen LogP contribution in [0.4, 0.5) is 0 Å². The average Bonchev–Trinajstić information content (AvgIpc) is 3.22. The topological polar surface area (TPSA) is 117 Å². The molecule has 4 aromatic heterocycles. The van der Waals surface area contributed by atoms with E-state index in [2.05, 4.69) is 25.3 Å². The van der Waals surface area contributed by atoms with Crippen molar-refractivity contribution in [2.75, 3.05) is 13.2 Å². The number of aromatic nitrogens is 5. The fraction of sp³-hybridized carbons (Fsp3) is 0.190. The predicted molar refractivity (Wildman–Crippen MR) is 109 cm³/mol. The molecule has 8 nitrogen and oxygen atoms in total. The molecule has 0 bridgehead atoms. The molecule has 29 heavy (non-hydrogen) atoms. The van der Waals surface area contributed by atoms with Crippen LogP contribution in [0, 0.1) is 6.92 Å². The molecule has 4 aromatic rings. The largest absolute Gasteiger partial charge is 0.396 e. The van der Waals surface area contributed by atoms with Crippen molar-refractivity contribution in [1.82, 2.24) is 30.2 Å². The number of aliphatic hydroxyl groups excluding tert-OH is 1. The van der Waals surface area contributed by atoms with Crippen molar-refractivity contribution < 1.29 is 9.90 Å². The normalized spacial score (nSPS) is 11.0. The van der Waals surface area contributed by atoms with E-state index < -0.39 is 0 Å². The molecule has 0 radical (unpaired) electrons. The molecule has 4 heterocycles. The van der Waals surface area contributed by atoms with E-state index in [-0.39, 0.29) is 12.5 Å². The van der Waals surface area contributed by atoms with Gasteiger partial charge in [-0.05, 0) is 37.6 Å². The molecule has 3 N–H and O–H groups in total. The third kappa shape index (κ3) is 3.97. The number of aromatic amines is 1. The Bertz CT molecular complexity index is 1170. The Labute approximate surface area is 167 Å². The van der Waals surface area contributed by atoms with Gasteiger partial charge in [-0.15, -0.1) is 0 Å². The highest BCUT2D eigenvalue weighted by Gasteiger charge is 2.15. The number of nitrogens with one attached hydrogen (secondary N) is 2. The first-order valence-electron chi connectivity index (χ1n) is 9.29. The van der Waals surface area contributed by atoms with Crippen LogP contribution >= 0.6 is 0 Å². The van der Waals surface area contributed by atoms with Gasteiger partial charge in [-0.2, -0.15) is 0 Å². The van der Waals surface area contributed by atoms with Gasteiger partial charge < -0.3 is 15.4 Å². The summed E-state index contributed by atoms with van der Waals surface area (Å²) in [5.74, 6) is 0.254. The fourth-order valence-electron chi connectivity index (χ4n) is 3.02. The Morgan fingerprint density at radius 3 is 2.90 bits per heavy atom. The Hall–Kier alpha value is -3.65. The van der Waals surface area contributed by atoms with Crippen molar-refractivity contribution in [2.45, 2.75) is 13.3 Å². The maximum Gasteiger partial charge on any atom is 0.252 e. The summed E-state index contributed by atoms with van der Waals surface area (Å²) in [6.07, 6.45) is 5.49. The minimum Gasteiger partial charge on any atom is -0.396 e. The van der Waals surface area contributed by atoms with Crippen molar-refractivity contribution in [3.05, 3.63) is 60.2 Å². The number of hydrogen-bond donors (Lipinski definition) is 3. The van der Waals surface area contributed by atoms with Crippen molar-refractivity contribution in [2.24, 2.45) is 0 Å². The van der Waals surface area contributed by atoms with Crippen LogP contribution in [0.1, 0.15) is 22.5 Å². The standard InChI is InChI=1S/C21H20N6O2/c1-13-4-2-5-17(25-13)20-26-18(16-6-8-23-19(16)27-20)14-10-15(12-22-11-14)21(29)24-7-3-9-28/h2,4-6,8,10-12,28H,3,7,9H2,1H3,(H,24,29)(H,23,26,27). The van der Waals surface area contributed by atoms with Gasteiger partial charge >= 0.3 is 0 Å². The number of amides is 1. The van der Waals surface area contributed by atoms with Gasteiger partial charge in [0.15, 0.2) is 5.82 Å². The molecule has 0 atom stereocenters. The molecule has 0 aliphatic rings. The lowest BCUT2D eigenvalue weighted by molar-refractivity contribution is 0.0951.